The van der Waals surface area contributed by atoms with E-state index in [1.165, 1.54) is 18.0 Å². The van der Waals surface area contributed by atoms with Gasteiger partial charge >= 0.3 is 6.18 Å². The second kappa shape index (κ2) is 9.19. The zero-order valence-corrected chi connectivity index (χ0v) is 17.0. The van der Waals surface area contributed by atoms with Crippen molar-refractivity contribution in [2.75, 3.05) is 30.8 Å². The molecular weight excluding hydrogens is 425 g/mol. The van der Waals surface area contributed by atoms with Gasteiger partial charge < -0.3 is 9.73 Å². The smallest absolute Gasteiger partial charge is 0.417 e. The second-order valence-electron chi connectivity index (χ2n) is 6.56. The topological polar surface area (TPSA) is 98.4 Å². The summed E-state index contributed by atoms with van der Waals surface area (Å²) in [6.45, 7) is 2.86. The minimum Gasteiger partial charge on any atom is -0.444 e. The Bertz CT molecular complexity index is 1010. The number of nitrogens with zero attached hydrogens (tertiary/aromatic N) is 2. The van der Waals surface area contributed by atoms with Crippen molar-refractivity contribution in [3.8, 4) is 6.07 Å². The van der Waals surface area contributed by atoms with E-state index in [-0.39, 0.29) is 30.2 Å². The Morgan fingerprint density at radius 3 is 2.37 bits per heavy atom. The molecule has 2 amide bonds. The molecule has 1 aromatic carbocycles. The first kappa shape index (κ1) is 23.3. The summed E-state index contributed by atoms with van der Waals surface area (Å²) in [5.41, 5.74) is -0.312. The van der Waals surface area contributed by atoms with E-state index in [1.54, 1.807) is 13.8 Å². The summed E-state index contributed by atoms with van der Waals surface area (Å²) < 4.78 is 44.0. The molecule has 1 heterocycles. The number of nitrogens with one attached hydrogen (secondary N) is 2. The van der Waals surface area contributed by atoms with Gasteiger partial charge in [-0.05, 0) is 39.1 Å². The summed E-state index contributed by atoms with van der Waals surface area (Å²) in [6.07, 6.45) is -4.66. The summed E-state index contributed by atoms with van der Waals surface area (Å²) in [4.78, 5) is 25.6. The van der Waals surface area contributed by atoms with Crippen molar-refractivity contribution >= 4 is 35.0 Å². The van der Waals surface area contributed by atoms with E-state index in [2.05, 4.69) is 10.6 Å². The number of carbonyl (C=O) groups excluding carboxylic acids is 2. The number of likely N-dealkylation sites (N-methyl/N-ethyl adjacent to an activating group) is 1. The fourth-order valence-electron chi connectivity index (χ4n) is 2.58. The SMILES string of the molecule is Cc1oc(NC(=O)CN(C)CC(=O)Nc2ccc(Cl)c(C(F)(F)F)c2)c(C#N)c1C. The van der Waals surface area contributed by atoms with E-state index >= 15 is 0 Å². The molecule has 0 saturated carbocycles. The minimum absolute atomic E-state index is 0.0243. The third-order valence-electron chi connectivity index (χ3n) is 4.13. The van der Waals surface area contributed by atoms with Gasteiger partial charge in [-0.3, -0.25) is 19.8 Å². The van der Waals surface area contributed by atoms with E-state index in [1.807, 2.05) is 6.07 Å². The summed E-state index contributed by atoms with van der Waals surface area (Å²) in [6, 6.07) is 4.96. The molecule has 0 aliphatic heterocycles. The molecule has 11 heteroatoms. The van der Waals surface area contributed by atoms with Gasteiger partial charge in [-0.25, -0.2) is 0 Å². The van der Waals surface area contributed by atoms with Crippen LogP contribution in [0.1, 0.15) is 22.5 Å². The molecule has 0 radical (unpaired) electrons. The number of carbonyl (C=O) groups is 2. The Balaban J connectivity index is 1.94. The maximum atomic E-state index is 12.9. The van der Waals surface area contributed by atoms with Crippen LogP contribution in [0.4, 0.5) is 24.7 Å². The standard InChI is InChI=1S/C19H18ClF3N4O3/c1-10-11(2)30-18(13(10)7-24)26-17(29)9-27(3)8-16(28)25-12-4-5-15(20)14(6-12)19(21,22)23/h4-6H,8-9H2,1-3H3,(H,25,28)(H,26,29). The highest BCUT2D eigenvalue weighted by Crippen LogP contribution is 2.36. The van der Waals surface area contributed by atoms with Gasteiger partial charge in [0.15, 0.2) is 0 Å². The molecule has 0 aliphatic rings. The van der Waals surface area contributed by atoms with Crippen LogP contribution in [-0.4, -0.2) is 36.9 Å². The van der Waals surface area contributed by atoms with Crippen LogP contribution in [0.2, 0.25) is 5.02 Å². The summed E-state index contributed by atoms with van der Waals surface area (Å²) in [5, 5.41) is 13.5. The summed E-state index contributed by atoms with van der Waals surface area (Å²) in [5.74, 6) is -0.628. The molecule has 0 unspecified atom stereocenters. The normalized spacial score (nSPS) is 11.3. The Morgan fingerprint density at radius 2 is 1.80 bits per heavy atom. The third-order valence-corrected chi connectivity index (χ3v) is 4.46. The van der Waals surface area contributed by atoms with Gasteiger partial charge in [0, 0.05) is 11.3 Å². The highest BCUT2D eigenvalue weighted by atomic mass is 35.5. The van der Waals surface area contributed by atoms with Crippen molar-refractivity contribution in [1.29, 1.82) is 5.26 Å². The minimum atomic E-state index is -4.66. The van der Waals surface area contributed by atoms with E-state index < -0.39 is 28.6 Å². The van der Waals surface area contributed by atoms with Gasteiger partial charge in [-0.15, -0.1) is 0 Å². The molecule has 0 fully saturated rings. The molecule has 0 spiro atoms. The summed E-state index contributed by atoms with van der Waals surface area (Å²) >= 11 is 5.55. The highest BCUT2D eigenvalue weighted by molar-refractivity contribution is 6.31. The van der Waals surface area contributed by atoms with Crippen LogP contribution in [-0.2, 0) is 15.8 Å². The van der Waals surface area contributed by atoms with Gasteiger partial charge in [0.1, 0.15) is 17.4 Å². The molecule has 160 valence electrons. The van der Waals surface area contributed by atoms with Crippen LogP contribution in [0.3, 0.4) is 0 Å². The molecule has 1 aromatic heterocycles. The van der Waals surface area contributed by atoms with Crippen LogP contribution in [0.25, 0.3) is 0 Å². The number of amides is 2. The van der Waals surface area contributed by atoms with Crippen molar-refractivity contribution in [2.45, 2.75) is 20.0 Å². The lowest BCUT2D eigenvalue weighted by molar-refractivity contribution is -0.137. The monoisotopic (exact) mass is 442 g/mol. The summed E-state index contributed by atoms with van der Waals surface area (Å²) in [7, 11) is 1.48. The molecule has 0 aliphatic carbocycles. The van der Waals surface area contributed by atoms with Crippen molar-refractivity contribution in [3.63, 3.8) is 0 Å². The largest absolute Gasteiger partial charge is 0.444 e. The lowest BCUT2D eigenvalue weighted by atomic mass is 10.2. The van der Waals surface area contributed by atoms with E-state index in [0.717, 1.165) is 12.1 Å². The fraction of sp³-hybridized carbons (Fsp3) is 0.316. The molecule has 0 saturated heterocycles. The van der Waals surface area contributed by atoms with Crippen LogP contribution in [0, 0.1) is 25.2 Å². The zero-order valence-electron chi connectivity index (χ0n) is 16.3. The molecule has 0 atom stereocenters. The Hall–Kier alpha value is -3.03. The van der Waals surface area contributed by atoms with Gasteiger partial charge in [0.2, 0.25) is 17.7 Å². The molecule has 0 bridgehead atoms. The van der Waals surface area contributed by atoms with E-state index in [0.29, 0.717) is 11.3 Å². The van der Waals surface area contributed by atoms with Crippen molar-refractivity contribution in [2.24, 2.45) is 0 Å². The quantitative estimate of drug-likeness (QED) is 0.705. The van der Waals surface area contributed by atoms with Crippen LogP contribution in [0.15, 0.2) is 22.6 Å². The molecule has 2 rings (SSSR count). The molecule has 7 nitrogen and oxygen atoms in total. The number of furan rings is 1. The Kier molecular flexibility index (Phi) is 7.12. The lowest BCUT2D eigenvalue weighted by Gasteiger charge is -2.16. The molecule has 2 aromatic rings. The van der Waals surface area contributed by atoms with Gasteiger partial charge in [0.25, 0.3) is 0 Å². The number of anilines is 2. The zero-order chi connectivity index (χ0) is 22.6. The van der Waals surface area contributed by atoms with Crippen LogP contribution < -0.4 is 10.6 Å². The Labute approximate surface area is 175 Å². The number of halogens is 4. The lowest BCUT2D eigenvalue weighted by Crippen LogP contribution is -2.36. The first-order valence-electron chi connectivity index (χ1n) is 8.57. The predicted molar refractivity (Wildman–Crippen MR) is 104 cm³/mol. The van der Waals surface area contributed by atoms with Gasteiger partial charge in [0.05, 0.1) is 23.7 Å². The van der Waals surface area contributed by atoms with Crippen molar-refractivity contribution in [3.05, 3.63) is 45.7 Å². The first-order valence-corrected chi connectivity index (χ1v) is 8.95. The van der Waals surface area contributed by atoms with Gasteiger partial charge in [-0.1, -0.05) is 11.6 Å². The highest BCUT2D eigenvalue weighted by Gasteiger charge is 2.33. The second-order valence-corrected chi connectivity index (χ2v) is 6.97. The number of aryl methyl sites for hydroxylation is 1. The number of nitriles is 1. The van der Waals surface area contributed by atoms with E-state index in [4.69, 9.17) is 21.3 Å². The maximum Gasteiger partial charge on any atom is 0.417 e. The average molecular weight is 443 g/mol. The van der Waals surface area contributed by atoms with Crippen molar-refractivity contribution < 1.29 is 27.2 Å². The van der Waals surface area contributed by atoms with Crippen LogP contribution in [0.5, 0.6) is 0 Å². The fourth-order valence-corrected chi connectivity index (χ4v) is 2.81. The third kappa shape index (κ3) is 5.75. The maximum absolute atomic E-state index is 12.9. The molecule has 2 N–H and O–H groups in total. The molecular formula is C19H18ClF3N4O3. The number of benzene rings is 1. The first-order chi connectivity index (χ1) is 13.9. The number of hydrogen-bond donors (Lipinski definition) is 2. The van der Waals surface area contributed by atoms with Crippen LogP contribution >= 0.6 is 11.6 Å². The number of hydrogen-bond acceptors (Lipinski definition) is 5. The molecule has 30 heavy (non-hydrogen) atoms. The average Bonchev–Trinajstić information content (AvgIpc) is 2.88. The van der Waals surface area contributed by atoms with E-state index in [9.17, 15) is 22.8 Å². The Morgan fingerprint density at radius 1 is 1.20 bits per heavy atom. The predicted octanol–water partition coefficient (Wildman–Crippen LogP) is 3.95. The number of alkyl halides is 3. The van der Waals surface area contributed by atoms with Crippen molar-refractivity contribution in [1.82, 2.24) is 4.90 Å². The number of rotatable bonds is 6. The van der Waals surface area contributed by atoms with Gasteiger partial charge in [-0.2, -0.15) is 18.4 Å².